The van der Waals surface area contributed by atoms with Crippen molar-refractivity contribution in [1.29, 1.82) is 0 Å². The quantitative estimate of drug-likeness (QED) is 0.253. The molecule has 0 unspecified atom stereocenters. The Morgan fingerprint density at radius 1 is 1.50 bits per heavy atom. The third-order valence-electron chi connectivity index (χ3n) is 0.657. The third-order valence-corrected chi connectivity index (χ3v) is 0.657. The van der Waals surface area contributed by atoms with Gasteiger partial charge in [-0.05, 0) is 13.8 Å². The number of nitrogens with zero attached hydrogens (tertiary/aromatic N) is 1. The van der Waals surface area contributed by atoms with Crippen LogP contribution in [-0.4, -0.2) is 18.9 Å². The molecule has 0 aromatic heterocycles. The van der Waals surface area contributed by atoms with Crippen molar-refractivity contribution in [2.75, 3.05) is 13.2 Å². The summed E-state index contributed by atoms with van der Waals surface area (Å²) < 4.78 is 4.78. The number of hydrogen-bond acceptors (Lipinski definition) is 3. The second-order valence-electron chi connectivity index (χ2n) is 1.91. The van der Waals surface area contributed by atoms with Gasteiger partial charge < -0.3 is 9.57 Å². The van der Waals surface area contributed by atoms with Crippen LogP contribution in [0, 0.1) is 0 Å². The first-order valence-electron chi connectivity index (χ1n) is 3.13. The molecule has 0 aliphatic rings. The van der Waals surface area contributed by atoms with Crippen molar-refractivity contribution < 1.29 is 9.57 Å². The Labute approximate surface area is 61.3 Å². The van der Waals surface area contributed by atoms with Crippen molar-refractivity contribution >= 4 is 5.71 Å². The van der Waals surface area contributed by atoms with Crippen molar-refractivity contribution in [3.63, 3.8) is 0 Å². The lowest BCUT2D eigenvalue weighted by molar-refractivity contribution is 0.0905. The normalized spacial score (nSPS) is 8.20. The van der Waals surface area contributed by atoms with Crippen molar-refractivity contribution in [3.05, 3.63) is 12.8 Å². The van der Waals surface area contributed by atoms with Crippen LogP contribution in [0.1, 0.15) is 13.8 Å². The van der Waals surface area contributed by atoms with E-state index in [0.717, 1.165) is 5.71 Å². The highest BCUT2D eigenvalue weighted by Gasteiger charge is 1.82. The Hall–Kier alpha value is -0.990. The van der Waals surface area contributed by atoms with Gasteiger partial charge in [-0.3, -0.25) is 0 Å². The van der Waals surface area contributed by atoms with E-state index in [4.69, 9.17) is 9.57 Å². The van der Waals surface area contributed by atoms with E-state index in [2.05, 4.69) is 11.7 Å². The van der Waals surface area contributed by atoms with Crippen LogP contribution in [0.3, 0.4) is 0 Å². The summed E-state index contributed by atoms with van der Waals surface area (Å²) in [4.78, 5) is 4.81. The average Bonchev–Trinajstić information content (AvgIpc) is 1.87. The lowest BCUT2D eigenvalue weighted by Crippen LogP contribution is -1.97. The second-order valence-corrected chi connectivity index (χ2v) is 1.91. The van der Waals surface area contributed by atoms with Crippen molar-refractivity contribution in [2.45, 2.75) is 13.8 Å². The fourth-order valence-corrected chi connectivity index (χ4v) is 0.343. The molecule has 0 amide bonds. The molecule has 0 fully saturated rings. The van der Waals surface area contributed by atoms with Crippen LogP contribution in [0.2, 0.25) is 0 Å². The van der Waals surface area contributed by atoms with Gasteiger partial charge in [-0.15, -0.1) is 0 Å². The van der Waals surface area contributed by atoms with Gasteiger partial charge in [0.25, 0.3) is 0 Å². The predicted molar refractivity (Wildman–Crippen MR) is 40.9 cm³/mol. The zero-order chi connectivity index (χ0) is 7.82. The minimum Gasteiger partial charge on any atom is -0.498 e. The van der Waals surface area contributed by atoms with Crippen molar-refractivity contribution in [3.8, 4) is 0 Å². The van der Waals surface area contributed by atoms with Crippen LogP contribution in [0.5, 0.6) is 0 Å². The van der Waals surface area contributed by atoms with Gasteiger partial charge in [-0.1, -0.05) is 11.7 Å². The highest BCUT2D eigenvalue weighted by molar-refractivity contribution is 5.78. The molecule has 0 saturated heterocycles. The van der Waals surface area contributed by atoms with Crippen LogP contribution >= 0.6 is 0 Å². The number of ether oxygens (including phenoxy) is 1. The molecule has 0 rings (SSSR count). The summed E-state index contributed by atoms with van der Waals surface area (Å²) in [5.74, 6) is 0. The zero-order valence-electron chi connectivity index (χ0n) is 6.46. The molecule has 0 aromatic rings. The molecular weight excluding hydrogens is 130 g/mol. The molecule has 3 nitrogen and oxygen atoms in total. The van der Waals surface area contributed by atoms with E-state index in [1.165, 1.54) is 6.26 Å². The van der Waals surface area contributed by atoms with Gasteiger partial charge in [-0.25, -0.2) is 0 Å². The number of oxime groups is 1. The van der Waals surface area contributed by atoms with E-state index >= 15 is 0 Å². The minimum atomic E-state index is 0.469. The summed E-state index contributed by atoms with van der Waals surface area (Å²) in [6.45, 7) is 8.09. The fourth-order valence-electron chi connectivity index (χ4n) is 0.343. The lowest BCUT2D eigenvalue weighted by atomic mass is 10.5. The molecule has 10 heavy (non-hydrogen) atoms. The van der Waals surface area contributed by atoms with E-state index in [1.807, 2.05) is 13.8 Å². The first kappa shape index (κ1) is 9.01. The Bertz CT molecular complexity index is 117. The molecule has 0 aliphatic carbocycles. The standard InChI is InChI=1S/C7H13NO2/c1-4-9-5-6-10-8-7(2)3/h4H,1,5-6H2,2-3H3. The van der Waals surface area contributed by atoms with Crippen LogP contribution in [-0.2, 0) is 9.57 Å². The smallest absolute Gasteiger partial charge is 0.151 e. The maximum absolute atomic E-state index is 4.81. The SMILES string of the molecule is C=COCCON=C(C)C. The molecule has 0 heterocycles. The number of hydrogen-bond donors (Lipinski definition) is 0. The molecule has 0 bridgehead atoms. The van der Waals surface area contributed by atoms with E-state index < -0.39 is 0 Å². The Kier molecular flexibility index (Phi) is 5.53. The molecule has 58 valence electrons. The van der Waals surface area contributed by atoms with Gasteiger partial charge in [0.2, 0.25) is 0 Å². The second kappa shape index (κ2) is 6.13. The number of rotatable bonds is 5. The van der Waals surface area contributed by atoms with E-state index in [1.54, 1.807) is 0 Å². The highest BCUT2D eigenvalue weighted by atomic mass is 16.6. The molecule has 0 aliphatic heterocycles. The molecule has 0 N–H and O–H groups in total. The Morgan fingerprint density at radius 3 is 2.70 bits per heavy atom. The minimum absolute atomic E-state index is 0.469. The van der Waals surface area contributed by atoms with E-state index in [-0.39, 0.29) is 0 Å². The van der Waals surface area contributed by atoms with Crippen LogP contribution in [0.4, 0.5) is 0 Å². The predicted octanol–water partition coefficient (Wildman–Crippen LogP) is 1.56. The van der Waals surface area contributed by atoms with Gasteiger partial charge in [0.05, 0.1) is 12.0 Å². The zero-order valence-corrected chi connectivity index (χ0v) is 6.46. The molecule has 0 saturated carbocycles. The largest absolute Gasteiger partial charge is 0.498 e. The van der Waals surface area contributed by atoms with E-state index in [0.29, 0.717) is 13.2 Å². The lowest BCUT2D eigenvalue weighted by Gasteiger charge is -1.98. The first-order valence-corrected chi connectivity index (χ1v) is 3.13. The van der Waals surface area contributed by atoms with Gasteiger partial charge in [0.1, 0.15) is 6.61 Å². The summed E-state index contributed by atoms with van der Waals surface area (Å²) in [5.41, 5.74) is 0.901. The maximum Gasteiger partial charge on any atom is 0.151 e. The molecule has 0 spiro atoms. The average molecular weight is 143 g/mol. The summed E-state index contributed by atoms with van der Waals surface area (Å²) in [7, 11) is 0. The summed E-state index contributed by atoms with van der Waals surface area (Å²) in [5, 5.41) is 3.70. The first-order chi connectivity index (χ1) is 4.77. The van der Waals surface area contributed by atoms with Crippen molar-refractivity contribution in [1.82, 2.24) is 0 Å². The topological polar surface area (TPSA) is 30.8 Å². The summed E-state index contributed by atoms with van der Waals surface area (Å²) >= 11 is 0. The van der Waals surface area contributed by atoms with Gasteiger partial charge in [0, 0.05) is 0 Å². The Balaban J connectivity index is 3.05. The monoisotopic (exact) mass is 143 g/mol. The van der Waals surface area contributed by atoms with Crippen molar-refractivity contribution in [2.24, 2.45) is 5.16 Å². The Morgan fingerprint density at radius 2 is 2.20 bits per heavy atom. The van der Waals surface area contributed by atoms with E-state index in [9.17, 15) is 0 Å². The molecule has 0 radical (unpaired) electrons. The van der Waals surface area contributed by atoms with Crippen LogP contribution < -0.4 is 0 Å². The van der Waals surface area contributed by atoms with Gasteiger partial charge in [-0.2, -0.15) is 0 Å². The summed E-state index contributed by atoms with van der Waals surface area (Å²) in [6, 6.07) is 0. The third kappa shape index (κ3) is 7.01. The summed E-state index contributed by atoms with van der Waals surface area (Å²) in [6.07, 6.45) is 1.38. The van der Waals surface area contributed by atoms with Gasteiger partial charge in [0.15, 0.2) is 6.61 Å². The maximum atomic E-state index is 4.81. The highest BCUT2D eigenvalue weighted by Crippen LogP contribution is 1.81. The molecule has 0 aromatic carbocycles. The van der Waals surface area contributed by atoms with Gasteiger partial charge >= 0.3 is 0 Å². The van der Waals surface area contributed by atoms with Crippen LogP contribution in [0.25, 0.3) is 0 Å². The molecular formula is C7H13NO2. The fraction of sp³-hybridized carbons (Fsp3) is 0.571. The van der Waals surface area contributed by atoms with Crippen LogP contribution in [0.15, 0.2) is 18.0 Å². The molecule has 0 atom stereocenters. The molecule has 3 heteroatoms.